The van der Waals surface area contributed by atoms with Crippen molar-refractivity contribution in [1.82, 2.24) is 10.3 Å². The molecule has 0 saturated heterocycles. The highest BCUT2D eigenvalue weighted by Gasteiger charge is 2.38. The molecule has 1 heterocycles. The maximum absolute atomic E-state index is 12.7. The number of halogens is 3. The van der Waals surface area contributed by atoms with Crippen molar-refractivity contribution in [3.05, 3.63) is 16.1 Å². The summed E-state index contributed by atoms with van der Waals surface area (Å²) in [5.41, 5.74) is -0.0272. The molecular formula is C12H15F3N2OS. The molecule has 2 atom stereocenters. The van der Waals surface area contributed by atoms with E-state index in [9.17, 15) is 18.0 Å². The van der Waals surface area contributed by atoms with Gasteiger partial charge in [-0.2, -0.15) is 13.2 Å². The van der Waals surface area contributed by atoms with E-state index in [1.807, 2.05) is 6.92 Å². The maximum Gasteiger partial charge on any atom is 0.434 e. The molecule has 0 radical (unpaired) electrons. The first-order valence-corrected chi connectivity index (χ1v) is 7.09. The van der Waals surface area contributed by atoms with E-state index in [0.29, 0.717) is 5.92 Å². The Morgan fingerprint density at radius 3 is 2.74 bits per heavy atom. The molecule has 1 aliphatic rings. The lowest BCUT2D eigenvalue weighted by Crippen LogP contribution is -2.41. The molecule has 0 bridgehead atoms. The van der Waals surface area contributed by atoms with Crippen molar-refractivity contribution < 1.29 is 18.0 Å². The maximum atomic E-state index is 12.7. The molecule has 1 aromatic heterocycles. The number of alkyl halides is 3. The first-order chi connectivity index (χ1) is 8.89. The van der Waals surface area contributed by atoms with Gasteiger partial charge in [-0.25, -0.2) is 4.98 Å². The Morgan fingerprint density at radius 2 is 2.11 bits per heavy atom. The number of hydrogen-bond acceptors (Lipinski definition) is 3. The lowest BCUT2D eigenvalue weighted by molar-refractivity contribution is -0.141. The average molecular weight is 292 g/mol. The lowest BCUT2D eigenvalue weighted by atomic mass is 9.86. The Hall–Kier alpha value is -1.11. The highest BCUT2D eigenvalue weighted by atomic mass is 32.1. The molecule has 1 aromatic rings. The molecule has 2 rings (SSSR count). The molecule has 0 aliphatic heterocycles. The largest absolute Gasteiger partial charge is 0.434 e. The van der Waals surface area contributed by atoms with Crippen molar-refractivity contribution in [3.63, 3.8) is 0 Å². The molecule has 1 saturated carbocycles. The zero-order valence-electron chi connectivity index (χ0n) is 10.5. The van der Waals surface area contributed by atoms with Crippen molar-refractivity contribution in [2.45, 2.75) is 44.8 Å². The van der Waals surface area contributed by atoms with Gasteiger partial charge in [0, 0.05) is 6.04 Å². The van der Waals surface area contributed by atoms with Crippen LogP contribution in [0.5, 0.6) is 0 Å². The molecule has 19 heavy (non-hydrogen) atoms. The van der Waals surface area contributed by atoms with Crippen LogP contribution in [0.3, 0.4) is 0 Å². The Morgan fingerprint density at radius 1 is 1.42 bits per heavy atom. The number of thiazole rings is 1. The van der Waals surface area contributed by atoms with Gasteiger partial charge < -0.3 is 5.32 Å². The van der Waals surface area contributed by atoms with Gasteiger partial charge in [0.05, 0.1) is 5.51 Å². The van der Waals surface area contributed by atoms with E-state index < -0.39 is 17.8 Å². The monoisotopic (exact) mass is 292 g/mol. The predicted octanol–water partition coefficient (Wildman–Crippen LogP) is 3.47. The summed E-state index contributed by atoms with van der Waals surface area (Å²) in [7, 11) is 0. The van der Waals surface area contributed by atoms with Crippen LogP contribution in [0.4, 0.5) is 13.2 Å². The summed E-state index contributed by atoms with van der Waals surface area (Å²) in [6.07, 6.45) is -0.635. The van der Waals surface area contributed by atoms with Crippen LogP contribution in [0.25, 0.3) is 0 Å². The van der Waals surface area contributed by atoms with Gasteiger partial charge in [-0.05, 0) is 18.8 Å². The van der Waals surface area contributed by atoms with Crippen molar-refractivity contribution in [2.24, 2.45) is 5.92 Å². The second-order valence-corrected chi connectivity index (χ2v) is 5.72. The van der Waals surface area contributed by atoms with Gasteiger partial charge in [0.1, 0.15) is 4.88 Å². The van der Waals surface area contributed by atoms with E-state index in [-0.39, 0.29) is 10.9 Å². The van der Waals surface area contributed by atoms with Crippen LogP contribution in [-0.2, 0) is 6.18 Å². The van der Waals surface area contributed by atoms with Gasteiger partial charge in [0.15, 0.2) is 5.69 Å². The van der Waals surface area contributed by atoms with Crippen LogP contribution in [0.15, 0.2) is 5.51 Å². The van der Waals surface area contributed by atoms with Crippen LogP contribution in [0, 0.1) is 5.92 Å². The molecule has 3 nitrogen and oxygen atoms in total. The van der Waals surface area contributed by atoms with Gasteiger partial charge in [0.25, 0.3) is 5.91 Å². The molecule has 0 spiro atoms. The first-order valence-electron chi connectivity index (χ1n) is 6.21. The minimum atomic E-state index is -4.58. The third kappa shape index (κ3) is 3.26. The Balaban J connectivity index is 2.10. The standard InChI is InChI=1S/C12H15F3N2OS/c1-7-4-2-3-5-8(7)17-11(18)9-10(12(13,14)15)16-6-19-9/h6-8H,2-5H2,1H3,(H,17,18). The molecule has 0 aromatic carbocycles. The second kappa shape index (κ2) is 5.48. The van der Waals surface area contributed by atoms with Gasteiger partial charge in [0.2, 0.25) is 0 Å². The number of nitrogens with zero attached hydrogens (tertiary/aromatic N) is 1. The zero-order valence-corrected chi connectivity index (χ0v) is 11.3. The number of amides is 1. The summed E-state index contributed by atoms with van der Waals surface area (Å²) in [6, 6.07) is -0.0376. The summed E-state index contributed by atoms with van der Waals surface area (Å²) in [6.45, 7) is 2.02. The van der Waals surface area contributed by atoms with E-state index in [0.717, 1.165) is 42.5 Å². The van der Waals surface area contributed by atoms with E-state index in [1.54, 1.807) is 0 Å². The average Bonchev–Trinajstić information content (AvgIpc) is 2.81. The van der Waals surface area contributed by atoms with Crippen molar-refractivity contribution in [3.8, 4) is 0 Å². The van der Waals surface area contributed by atoms with Gasteiger partial charge in [-0.15, -0.1) is 11.3 Å². The molecular weight excluding hydrogens is 277 g/mol. The fraction of sp³-hybridized carbons (Fsp3) is 0.667. The number of rotatable bonds is 2. The smallest absolute Gasteiger partial charge is 0.348 e. The quantitative estimate of drug-likeness (QED) is 0.907. The third-order valence-corrected chi connectivity index (χ3v) is 4.30. The number of aromatic nitrogens is 1. The summed E-state index contributed by atoms with van der Waals surface area (Å²) >= 11 is 0.731. The Kier molecular flexibility index (Phi) is 4.13. The molecule has 1 N–H and O–H groups in total. The predicted molar refractivity (Wildman–Crippen MR) is 66.0 cm³/mol. The van der Waals surface area contributed by atoms with Gasteiger partial charge in [-0.3, -0.25) is 4.79 Å². The lowest BCUT2D eigenvalue weighted by Gasteiger charge is -2.29. The highest BCUT2D eigenvalue weighted by molar-refractivity contribution is 7.11. The van der Waals surface area contributed by atoms with E-state index >= 15 is 0 Å². The highest BCUT2D eigenvalue weighted by Crippen LogP contribution is 2.33. The number of carbonyl (C=O) groups excluding carboxylic acids is 1. The zero-order chi connectivity index (χ0) is 14.0. The SMILES string of the molecule is CC1CCCCC1NC(=O)c1scnc1C(F)(F)F. The summed E-state index contributed by atoms with van der Waals surface area (Å²) < 4.78 is 38.0. The molecule has 106 valence electrons. The topological polar surface area (TPSA) is 42.0 Å². The second-order valence-electron chi connectivity index (χ2n) is 4.87. The van der Waals surface area contributed by atoms with Crippen LogP contribution < -0.4 is 5.32 Å². The molecule has 7 heteroatoms. The normalized spacial score (nSPS) is 24.2. The van der Waals surface area contributed by atoms with Crippen LogP contribution >= 0.6 is 11.3 Å². The van der Waals surface area contributed by atoms with E-state index in [1.165, 1.54) is 0 Å². The fourth-order valence-corrected chi connectivity index (χ4v) is 3.08. The minimum Gasteiger partial charge on any atom is -0.348 e. The van der Waals surface area contributed by atoms with Crippen LogP contribution in [0.1, 0.15) is 48.0 Å². The van der Waals surface area contributed by atoms with Crippen molar-refractivity contribution in [1.29, 1.82) is 0 Å². The van der Waals surface area contributed by atoms with Gasteiger partial charge >= 0.3 is 6.18 Å². The van der Waals surface area contributed by atoms with Crippen molar-refractivity contribution >= 4 is 17.2 Å². The van der Waals surface area contributed by atoms with Crippen LogP contribution in [-0.4, -0.2) is 16.9 Å². The molecule has 1 aliphatic carbocycles. The summed E-state index contributed by atoms with van der Waals surface area (Å²) in [5.74, 6) is -0.353. The van der Waals surface area contributed by atoms with E-state index in [2.05, 4.69) is 10.3 Å². The summed E-state index contributed by atoms with van der Waals surface area (Å²) in [5, 5.41) is 2.72. The van der Waals surface area contributed by atoms with Crippen molar-refractivity contribution in [2.75, 3.05) is 0 Å². The Bertz CT molecular complexity index is 458. The fourth-order valence-electron chi connectivity index (χ4n) is 2.37. The minimum absolute atomic E-state index is 0.0376. The van der Waals surface area contributed by atoms with Crippen LogP contribution in [0.2, 0.25) is 0 Å². The molecule has 1 amide bonds. The third-order valence-electron chi connectivity index (χ3n) is 3.47. The number of carbonyl (C=O) groups is 1. The summed E-state index contributed by atoms with van der Waals surface area (Å²) in [4.78, 5) is 14.9. The van der Waals surface area contributed by atoms with Gasteiger partial charge in [-0.1, -0.05) is 19.8 Å². The number of nitrogens with one attached hydrogen (secondary N) is 1. The molecule has 2 unspecified atom stereocenters. The number of hydrogen-bond donors (Lipinski definition) is 1. The molecule has 1 fully saturated rings. The Labute approximate surface area is 113 Å². The van der Waals surface area contributed by atoms with E-state index in [4.69, 9.17) is 0 Å². The first kappa shape index (κ1) is 14.3.